The molecule has 3 nitrogen and oxygen atoms in total. The van der Waals surface area contributed by atoms with Crippen molar-refractivity contribution in [2.45, 2.75) is 5.41 Å². The van der Waals surface area contributed by atoms with Crippen molar-refractivity contribution in [3.63, 3.8) is 0 Å². The highest BCUT2D eigenvalue weighted by Crippen LogP contribution is 2.63. The van der Waals surface area contributed by atoms with Gasteiger partial charge in [-0.2, -0.15) is 0 Å². The molecular formula is C61H37NO2. The Morgan fingerprint density at radius 3 is 1.44 bits per heavy atom. The first kappa shape index (κ1) is 35.2. The fourth-order valence-corrected chi connectivity index (χ4v) is 11.2. The van der Waals surface area contributed by atoms with Crippen molar-refractivity contribution in [2.24, 2.45) is 0 Å². The molecule has 1 atom stereocenters. The van der Waals surface area contributed by atoms with Crippen LogP contribution in [0.15, 0.2) is 233 Å². The van der Waals surface area contributed by atoms with Crippen LogP contribution in [0.3, 0.4) is 0 Å². The minimum atomic E-state index is -0.701. The van der Waals surface area contributed by atoms with Gasteiger partial charge in [0.25, 0.3) is 0 Å². The molecule has 0 bridgehead atoms. The molecule has 2 aliphatic carbocycles. The van der Waals surface area contributed by atoms with Crippen LogP contribution in [-0.2, 0) is 5.41 Å². The third-order valence-corrected chi connectivity index (χ3v) is 13.9. The van der Waals surface area contributed by atoms with Gasteiger partial charge >= 0.3 is 0 Å². The Morgan fingerprint density at radius 2 is 0.734 bits per heavy atom. The van der Waals surface area contributed by atoms with Gasteiger partial charge in [-0.3, -0.25) is 0 Å². The standard InChI is InChI=1S/C61H37NO2/c1-2-14-38(15-3-1)39-26-28-40(29-27-39)62(41-31-33-59-51(34-41)48-20-8-12-24-57(48)63-59)42-30-32-47-44-17-5-4-16-43(44)45-18-6-10-22-53(45)61(55(47)35-42)54-23-11-7-19-46(54)50-36-52-49-21-9-13-25-58(49)64-60(52)37-56(50)61/h1-37H. The highest BCUT2D eigenvalue weighted by Gasteiger charge is 2.50. The van der Waals surface area contributed by atoms with E-state index in [2.05, 4.69) is 217 Å². The predicted octanol–water partition coefficient (Wildman–Crippen LogP) is 16.6. The van der Waals surface area contributed by atoms with Crippen LogP contribution in [0.5, 0.6) is 0 Å². The number of fused-ring (bicyclic) bond motifs is 18. The lowest BCUT2D eigenvalue weighted by Crippen LogP contribution is -2.29. The molecule has 2 heterocycles. The van der Waals surface area contributed by atoms with Crippen molar-refractivity contribution >= 4 is 60.9 Å². The van der Waals surface area contributed by atoms with E-state index in [0.717, 1.165) is 60.9 Å². The molecule has 0 radical (unpaired) electrons. The van der Waals surface area contributed by atoms with Gasteiger partial charge in [-0.05, 0) is 133 Å². The van der Waals surface area contributed by atoms with E-state index in [4.69, 9.17) is 8.83 Å². The van der Waals surface area contributed by atoms with Crippen LogP contribution in [0.4, 0.5) is 17.1 Å². The quantitative estimate of drug-likeness (QED) is 0.177. The van der Waals surface area contributed by atoms with Gasteiger partial charge in [0.2, 0.25) is 0 Å². The Labute approximate surface area is 369 Å². The van der Waals surface area contributed by atoms with Crippen molar-refractivity contribution in [1.29, 1.82) is 0 Å². The lowest BCUT2D eigenvalue weighted by molar-refractivity contribution is 0.666. The second-order valence-corrected chi connectivity index (χ2v) is 17.1. The summed E-state index contributed by atoms with van der Waals surface area (Å²) < 4.78 is 13.1. The largest absolute Gasteiger partial charge is 0.456 e. The maximum Gasteiger partial charge on any atom is 0.135 e. The van der Waals surface area contributed by atoms with Gasteiger partial charge in [-0.1, -0.05) is 158 Å². The molecule has 12 aromatic rings. The molecule has 14 rings (SSSR count). The molecule has 1 spiro atoms. The number of hydrogen-bond acceptors (Lipinski definition) is 3. The minimum absolute atomic E-state index is 0.701. The van der Waals surface area contributed by atoms with Crippen LogP contribution in [0.25, 0.3) is 88.4 Å². The smallest absolute Gasteiger partial charge is 0.135 e. The number of furan rings is 2. The number of para-hydroxylation sites is 2. The summed E-state index contributed by atoms with van der Waals surface area (Å²) >= 11 is 0. The van der Waals surface area contributed by atoms with E-state index in [0.29, 0.717) is 0 Å². The molecule has 0 saturated carbocycles. The number of benzene rings is 10. The molecule has 64 heavy (non-hydrogen) atoms. The number of hydrogen-bond donors (Lipinski definition) is 0. The van der Waals surface area contributed by atoms with E-state index in [1.807, 2.05) is 12.1 Å². The Bertz CT molecular complexity index is 3860. The van der Waals surface area contributed by atoms with Gasteiger partial charge < -0.3 is 13.7 Å². The number of rotatable bonds is 4. The Morgan fingerprint density at radius 1 is 0.266 bits per heavy atom. The third kappa shape index (κ3) is 4.86. The molecule has 3 heteroatoms. The molecule has 0 N–H and O–H groups in total. The van der Waals surface area contributed by atoms with Crippen molar-refractivity contribution in [2.75, 3.05) is 4.90 Å². The van der Waals surface area contributed by atoms with Crippen molar-refractivity contribution < 1.29 is 8.83 Å². The summed E-state index contributed by atoms with van der Waals surface area (Å²) in [5, 5.41) is 4.45. The summed E-state index contributed by atoms with van der Waals surface area (Å²) in [6.45, 7) is 0. The average Bonchev–Trinajstić information content (AvgIpc) is 3.99. The van der Waals surface area contributed by atoms with Gasteiger partial charge in [0.15, 0.2) is 0 Å². The molecule has 298 valence electrons. The maximum absolute atomic E-state index is 6.74. The zero-order chi connectivity index (χ0) is 41.9. The first-order chi connectivity index (χ1) is 31.7. The fraction of sp³-hybridized carbons (Fsp3) is 0.0164. The minimum Gasteiger partial charge on any atom is -0.456 e. The summed E-state index contributed by atoms with van der Waals surface area (Å²) in [5.74, 6) is 0. The van der Waals surface area contributed by atoms with E-state index >= 15 is 0 Å². The predicted molar refractivity (Wildman–Crippen MR) is 263 cm³/mol. The van der Waals surface area contributed by atoms with Gasteiger partial charge in [0.05, 0.1) is 5.41 Å². The summed E-state index contributed by atoms with van der Waals surface area (Å²) in [7, 11) is 0. The zero-order valence-corrected chi connectivity index (χ0v) is 34.6. The highest BCUT2D eigenvalue weighted by atomic mass is 16.3. The van der Waals surface area contributed by atoms with E-state index in [-0.39, 0.29) is 0 Å². The normalized spacial score (nSPS) is 14.6. The zero-order valence-electron chi connectivity index (χ0n) is 34.6. The molecule has 2 aromatic heterocycles. The van der Waals surface area contributed by atoms with Crippen LogP contribution in [0, 0.1) is 0 Å². The monoisotopic (exact) mass is 815 g/mol. The molecule has 10 aromatic carbocycles. The third-order valence-electron chi connectivity index (χ3n) is 13.9. The Balaban J connectivity index is 1.09. The summed E-state index contributed by atoms with van der Waals surface area (Å²) in [6, 6.07) is 81.9. The van der Waals surface area contributed by atoms with Crippen molar-refractivity contribution in [1.82, 2.24) is 0 Å². The average molecular weight is 816 g/mol. The van der Waals surface area contributed by atoms with Crippen LogP contribution >= 0.6 is 0 Å². The highest BCUT2D eigenvalue weighted by molar-refractivity contribution is 6.10. The molecule has 1 unspecified atom stereocenters. The molecule has 2 aliphatic rings. The lowest BCUT2D eigenvalue weighted by atomic mass is 9.65. The van der Waals surface area contributed by atoms with E-state index in [9.17, 15) is 0 Å². The van der Waals surface area contributed by atoms with Crippen molar-refractivity contribution in [3.05, 3.63) is 247 Å². The maximum atomic E-state index is 6.74. The Kier molecular flexibility index (Phi) is 7.32. The molecular weight excluding hydrogens is 779 g/mol. The first-order valence-corrected chi connectivity index (χ1v) is 22.0. The summed E-state index contributed by atoms with van der Waals surface area (Å²) in [6.07, 6.45) is 0. The van der Waals surface area contributed by atoms with Crippen LogP contribution < -0.4 is 4.90 Å². The summed E-state index contributed by atoms with van der Waals surface area (Å²) in [5.41, 5.74) is 20.7. The number of anilines is 3. The molecule has 0 amide bonds. The second-order valence-electron chi connectivity index (χ2n) is 17.1. The van der Waals surface area contributed by atoms with Crippen LogP contribution in [-0.4, -0.2) is 0 Å². The summed E-state index contributed by atoms with van der Waals surface area (Å²) in [4.78, 5) is 2.41. The fourth-order valence-electron chi connectivity index (χ4n) is 11.2. The SMILES string of the molecule is c1ccc(-c2ccc(N(c3ccc4c(c3)C3(c5ccccc5-c5ccccc5-4)c4ccccc4-c4cc5c(cc43)oc3ccccc35)c3ccc4oc5ccccc5c4c3)cc2)cc1. The number of nitrogens with zero attached hydrogens (tertiary/aromatic N) is 1. The van der Waals surface area contributed by atoms with Crippen molar-refractivity contribution in [3.8, 4) is 44.5 Å². The van der Waals surface area contributed by atoms with E-state index < -0.39 is 5.41 Å². The van der Waals surface area contributed by atoms with Gasteiger partial charge in [0.1, 0.15) is 22.3 Å². The topological polar surface area (TPSA) is 29.5 Å². The first-order valence-electron chi connectivity index (χ1n) is 22.0. The van der Waals surface area contributed by atoms with Gasteiger partial charge in [-0.25, -0.2) is 0 Å². The molecule has 0 fully saturated rings. The molecule has 0 saturated heterocycles. The molecule has 0 aliphatic heterocycles. The van der Waals surface area contributed by atoms with Gasteiger partial charge in [0, 0.05) is 38.6 Å². The van der Waals surface area contributed by atoms with E-state index in [1.165, 1.54) is 66.8 Å². The Hall–Kier alpha value is -8.40. The second kappa shape index (κ2) is 13.3. The van der Waals surface area contributed by atoms with E-state index in [1.54, 1.807) is 0 Å². The van der Waals surface area contributed by atoms with Crippen LogP contribution in [0.2, 0.25) is 0 Å². The lowest BCUT2D eigenvalue weighted by Gasteiger charge is -2.36. The van der Waals surface area contributed by atoms with Crippen LogP contribution in [0.1, 0.15) is 22.3 Å². The van der Waals surface area contributed by atoms with Gasteiger partial charge in [-0.15, -0.1) is 0 Å².